The summed E-state index contributed by atoms with van der Waals surface area (Å²) in [6.07, 6.45) is 10.8. The maximum atomic E-state index is 6.26. The number of rotatable bonds is 2. The molecule has 0 fully saturated rings. The first kappa shape index (κ1) is 17.4. The van der Waals surface area contributed by atoms with Crippen molar-refractivity contribution in [3.05, 3.63) is 115 Å². The average Bonchev–Trinajstić information content (AvgIpc) is 3.45. The Morgan fingerprint density at radius 3 is 2.31 bits per heavy atom. The molecule has 5 aromatic rings. The Morgan fingerprint density at radius 1 is 0.719 bits per heavy atom. The van der Waals surface area contributed by atoms with Crippen molar-refractivity contribution in [2.75, 3.05) is 0 Å². The first-order valence-electron chi connectivity index (χ1n) is 10.9. The van der Waals surface area contributed by atoms with Crippen LogP contribution in [0, 0.1) is 0 Å². The molecule has 0 spiro atoms. The van der Waals surface area contributed by atoms with Crippen LogP contribution in [0.3, 0.4) is 0 Å². The van der Waals surface area contributed by atoms with Crippen molar-refractivity contribution in [3.63, 3.8) is 0 Å². The Bertz CT molecular complexity index is 1600. The highest BCUT2D eigenvalue weighted by molar-refractivity contribution is 6.19. The van der Waals surface area contributed by atoms with E-state index < -0.39 is 0 Å². The van der Waals surface area contributed by atoms with Crippen molar-refractivity contribution < 1.29 is 4.42 Å². The highest BCUT2D eigenvalue weighted by Crippen LogP contribution is 2.39. The third-order valence-electron chi connectivity index (χ3n) is 6.46. The van der Waals surface area contributed by atoms with E-state index in [-0.39, 0.29) is 6.17 Å². The molecule has 3 heteroatoms. The first-order chi connectivity index (χ1) is 15.8. The van der Waals surface area contributed by atoms with Crippen molar-refractivity contribution in [1.82, 2.24) is 10.2 Å². The normalized spacial score (nSPS) is 17.2. The first-order valence-corrected chi connectivity index (χ1v) is 10.9. The van der Waals surface area contributed by atoms with Gasteiger partial charge in [0.15, 0.2) is 0 Å². The van der Waals surface area contributed by atoms with Gasteiger partial charge in [0.25, 0.3) is 0 Å². The number of nitrogens with zero attached hydrogens (tertiary/aromatic N) is 1. The molecule has 0 amide bonds. The van der Waals surface area contributed by atoms with Crippen LogP contribution >= 0.6 is 0 Å². The second-order valence-corrected chi connectivity index (χ2v) is 8.33. The van der Waals surface area contributed by atoms with Gasteiger partial charge < -0.3 is 14.6 Å². The van der Waals surface area contributed by atoms with Crippen LogP contribution in [-0.4, -0.2) is 11.1 Å². The van der Waals surface area contributed by atoms with E-state index in [9.17, 15) is 0 Å². The van der Waals surface area contributed by atoms with Gasteiger partial charge in [-0.1, -0.05) is 72.8 Å². The molecule has 0 saturated heterocycles. The third-order valence-corrected chi connectivity index (χ3v) is 6.46. The molecule has 32 heavy (non-hydrogen) atoms. The van der Waals surface area contributed by atoms with Crippen LogP contribution in [0.4, 0.5) is 0 Å². The minimum Gasteiger partial charge on any atom is -0.455 e. The van der Waals surface area contributed by atoms with Gasteiger partial charge in [0.2, 0.25) is 0 Å². The summed E-state index contributed by atoms with van der Waals surface area (Å²) in [6, 6.07) is 27.9. The standard InChI is InChI=1S/C29H20N2O/c1-2-9-23-21(7-1)24(17-25-22-8-3-4-10-27(22)32-29(23)25)19-12-14-20(15-13-19)26-18-31-16-6-5-11-28(31)30-26/h1-18,28,30H. The summed E-state index contributed by atoms with van der Waals surface area (Å²) >= 11 is 0. The lowest BCUT2D eigenvalue weighted by Crippen LogP contribution is -2.31. The largest absolute Gasteiger partial charge is 0.455 e. The molecule has 1 unspecified atom stereocenters. The molecular formula is C29H20N2O. The molecule has 152 valence electrons. The SMILES string of the molecule is C1=CC2NC(c3ccc(-c4cc5c6ccccc6oc5c5ccccc45)cc3)=CN2C=C1. The van der Waals surface area contributed by atoms with E-state index in [1.807, 2.05) is 12.1 Å². The summed E-state index contributed by atoms with van der Waals surface area (Å²) in [6.45, 7) is 0. The van der Waals surface area contributed by atoms with E-state index in [4.69, 9.17) is 4.42 Å². The molecule has 0 radical (unpaired) electrons. The Labute approximate surface area is 185 Å². The van der Waals surface area contributed by atoms with E-state index in [1.54, 1.807) is 0 Å². The van der Waals surface area contributed by atoms with E-state index in [2.05, 4.69) is 108 Å². The number of fused-ring (bicyclic) bond motifs is 6. The monoisotopic (exact) mass is 412 g/mol. The van der Waals surface area contributed by atoms with E-state index >= 15 is 0 Å². The molecule has 2 aliphatic heterocycles. The van der Waals surface area contributed by atoms with E-state index in [1.165, 1.54) is 22.1 Å². The lowest BCUT2D eigenvalue weighted by atomic mass is 9.94. The van der Waals surface area contributed by atoms with Gasteiger partial charge in [-0.05, 0) is 46.4 Å². The summed E-state index contributed by atoms with van der Waals surface area (Å²) in [4.78, 5) is 2.19. The van der Waals surface area contributed by atoms with Crippen LogP contribution in [0.25, 0.3) is 49.5 Å². The fourth-order valence-corrected chi connectivity index (χ4v) is 4.88. The van der Waals surface area contributed by atoms with Gasteiger partial charge in [-0.3, -0.25) is 0 Å². The van der Waals surface area contributed by atoms with Crippen molar-refractivity contribution in [1.29, 1.82) is 0 Å². The maximum Gasteiger partial charge on any atom is 0.143 e. The van der Waals surface area contributed by atoms with Gasteiger partial charge in [-0.15, -0.1) is 0 Å². The number of benzene rings is 4. The lowest BCUT2D eigenvalue weighted by molar-refractivity contribution is 0.427. The minimum absolute atomic E-state index is 0.204. The van der Waals surface area contributed by atoms with Crippen LogP contribution in [0.2, 0.25) is 0 Å². The molecule has 1 aromatic heterocycles. The van der Waals surface area contributed by atoms with Gasteiger partial charge in [0.1, 0.15) is 17.3 Å². The number of hydrogen-bond donors (Lipinski definition) is 1. The Balaban J connectivity index is 1.37. The number of hydrogen-bond acceptors (Lipinski definition) is 3. The van der Waals surface area contributed by atoms with E-state index in [0.29, 0.717) is 0 Å². The molecule has 0 bridgehead atoms. The van der Waals surface area contributed by atoms with Gasteiger partial charge >= 0.3 is 0 Å². The number of furan rings is 1. The molecule has 4 aromatic carbocycles. The minimum atomic E-state index is 0.204. The fourth-order valence-electron chi connectivity index (χ4n) is 4.88. The summed E-state index contributed by atoms with van der Waals surface area (Å²) < 4.78 is 6.26. The molecule has 1 N–H and O–H groups in total. The summed E-state index contributed by atoms with van der Waals surface area (Å²) in [7, 11) is 0. The number of para-hydroxylation sites is 1. The van der Waals surface area contributed by atoms with Crippen molar-refractivity contribution >= 4 is 38.4 Å². The Kier molecular flexibility index (Phi) is 3.61. The fraction of sp³-hybridized carbons (Fsp3) is 0.0345. The molecule has 0 saturated carbocycles. The molecule has 2 aliphatic rings. The highest BCUT2D eigenvalue weighted by atomic mass is 16.3. The quantitative estimate of drug-likeness (QED) is 0.338. The molecule has 1 atom stereocenters. The zero-order chi connectivity index (χ0) is 21.1. The Morgan fingerprint density at radius 2 is 1.47 bits per heavy atom. The molecule has 3 nitrogen and oxygen atoms in total. The molecular weight excluding hydrogens is 392 g/mol. The van der Waals surface area contributed by atoms with Gasteiger partial charge in [-0.25, -0.2) is 0 Å². The average molecular weight is 412 g/mol. The summed E-state index contributed by atoms with van der Waals surface area (Å²) in [5.74, 6) is 0. The predicted octanol–water partition coefficient (Wildman–Crippen LogP) is 7.02. The zero-order valence-corrected chi connectivity index (χ0v) is 17.3. The third kappa shape index (κ3) is 2.55. The van der Waals surface area contributed by atoms with E-state index in [0.717, 1.165) is 33.0 Å². The maximum absolute atomic E-state index is 6.26. The Hall–Kier alpha value is -4.24. The predicted molar refractivity (Wildman–Crippen MR) is 132 cm³/mol. The molecule has 3 heterocycles. The smallest absolute Gasteiger partial charge is 0.143 e. The van der Waals surface area contributed by atoms with Crippen LogP contribution in [0.5, 0.6) is 0 Å². The highest BCUT2D eigenvalue weighted by Gasteiger charge is 2.22. The summed E-state index contributed by atoms with van der Waals surface area (Å²) in [5, 5.41) is 8.25. The second kappa shape index (κ2) is 6.63. The van der Waals surface area contributed by atoms with Crippen molar-refractivity contribution in [3.8, 4) is 11.1 Å². The number of nitrogens with one attached hydrogen (secondary N) is 1. The van der Waals surface area contributed by atoms with Crippen LogP contribution in [-0.2, 0) is 0 Å². The zero-order valence-electron chi connectivity index (χ0n) is 17.3. The van der Waals surface area contributed by atoms with Crippen LogP contribution < -0.4 is 5.32 Å². The van der Waals surface area contributed by atoms with Crippen LogP contribution in [0.1, 0.15) is 5.56 Å². The molecule has 7 rings (SSSR count). The lowest BCUT2D eigenvalue weighted by Gasteiger charge is -2.20. The van der Waals surface area contributed by atoms with Crippen molar-refractivity contribution in [2.24, 2.45) is 0 Å². The second-order valence-electron chi connectivity index (χ2n) is 8.33. The van der Waals surface area contributed by atoms with Gasteiger partial charge in [-0.2, -0.15) is 0 Å². The molecule has 0 aliphatic carbocycles. The van der Waals surface area contributed by atoms with Gasteiger partial charge in [0.05, 0.1) is 5.70 Å². The van der Waals surface area contributed by atoms with Crippen LogP contribution in [0.15, 0.2) is 114 Å². The topological polar surface area (TPSA) is 28.4 Å². The van der Waals surface area contributed by atoms with Crippen molar-refractivity contribution in [2.45, 2.75) is 6.17 Å². The summed E-state index contributed by atoms with van der Waals surface area (Å²) in [5.41, 5.74) is 6.64. The van der Waals surface area contributed by atoms with Gasteiger partial charge in [0, 0.05) is 28.6 Å². The number of allylic oxidation sites excluding steroid dienone is 2.